The van der Waals surface area contributed by atoms with Gasteiger partial charge in [-0.2, -0.15) is 0 Å². The molecule has 0 bridgehead atoms. The molecule has 0 spiro atoms. The Morgan fingerprint density at radius 2 is 2.20 bits per heavy atom. The van der Waals surface area contributed by atoms with Crippen LogP contribution < -0.4 is 0 Å². The van der Waals surface area contributed by atoms with Gasteiger partial charge in [-0.15, -0.1) is 0 Å². The largest absolute Gasteiger partial charge is 0.501 e. The van der Waals surface area contributed by atoms with Crippen molar-refractivity contribution in [3.8, 4) is 0 Å². The average molecular weight is 138 g/mol. The van der Waals surface area contributed by atoms with Crippen molar-refractivity contribution in [1.82, 2.24) is 0 Å². The molecular weight excluding hydrogens is 124 g/mol. The first-order valence-corrected chi connectivity index (χ1v) is 3.57. The molecule has 0 saturated heterocycles. The molecule has 1 nitrogen and oxygen atoms in total. The Kier molecular flexibility index (Phi) is 1.84. The standard InChI is InChI=1S/C9H14O/c1-9(2)6-4-5-8(7-9)10-3/h4,6-7H,5H2,1-3H3. The van der Waals surface area contributed by atoms with Crippen molar-refractivity contribution in [2.45, 2.75) is 20.3 Å². The van der Waals surface area contributed by atoms with Crippen LogP contribution in [-0.4, -0.2) is 7.11 Å². The molecule has 0 fully saturated rings. The molecule has 0 aromatic carbocycles. The summed E-state index contributed by atoms with van der Waals surface area (Å²) in [5, 5.41) is 0. The van der Waals surface area contributed by atoms with E-state index in [9.17, 15) is 0 Å². The number of rotatable bonds is 1. The van der Waals surface area contributed by atoms with Gasteiger partial charge < -0.3 is 4.74 Å². The second-order valence-corrected chi connectivity index (χ2v) is 3.24. The fraction of sp³-hybridized carbons (Fsp3) is 0.556. The van der Waals surface area contributed by atoms with Crippen LogP contribution in [0, 0.1) is 5.41 Å². The smallest absolute Gasteiger partial charge is 0.0961 e. The van der Waals surface area contributed by atoms with Crippen molar-refractivity contribution in [2.75, 3.05) is 7.11 Å². The quantitative estimate of drug-likeness (QED) is 0.506. The Balaban J connectivity index is 2.73. The van der Waals surface area contributed by atoms with E-state index in [0.717, 1.165) is 12.2 Å². The van der Waals surface area contributed by atoms with Crippen molar-refractivity contribution in [2.24, 2.45) is 5.41 Å². The van der Waals surface area contributed by atoms with Gasteiger partial charge in [-0.1, -0.05) is 26.0 Å². The van der Waals surface area contributed by atoms with Gasteiger partial charge in [0.15, 0.2) is 0 Å². The molecule has 1 aliphatic rings. The highest BCUT2D eigenvalue weighted by Crippen LogP contribution is 2.27. The molecule has 1 rings (SSSR count). The molecule has 0 atom stereocenters. The predicted molar refractivity (Wildman–Crippen MR) is 42.6 cm³/mol. The maximum Gasteiger partial charge on any atom is 0.0961 e. The zero-order valence-electron chi connectivity index (χ0n) is 6.85. The average Bonchev–Trinajstić information content (AvgIpc) is 1.86. The van der Waals surface area contributed by atoms with Crippen LogP contribution in [0.15, 0.2) is 24.0 Å². The van der Waals surface area contributed by atoms with Gasteiger partial charge in [0, 0.05) is 11.8 Å². The van der Waals surface area contributed by atoms with Gasteiger partial charge in [-0.25, -0.2) is 0 Å². The zero-order valence-corrected chi connectivity index (χ0v) is 6.85. The summed E-state index contributed by atoms with van der Waals surface area (Å²) < 4.78 is 5.14. The summed E-state index contributed by atoms with van der Waals surface area (Å²) >= 11 is 0. The summed E-state index contributed by atoms with van der Waals surface area (Å²) in [6, 6.07) is 0. The summed E-state index contributed by atoms with van der Waals surface area (Å²) in [4.78, 5) is 0. The van der Waals surface area contributed by atoms with Gasteiger partial charge in [0.1, 0.15) is 0 Å². The summed E-state index contributed by atoms with van der Waals surface area (Å²) in [6.45, 7) is 4.34. The number of hydrogen-bond donors (Lipinski definition) is 0. The van der Waals surface area contributed by atoms with Gasteiger partial charge in [-0.3, -0.25) is 0 Å². The van der Waals surface area contributed by atoms with Crippen LogP contribution in [0.1, 0.15) is 20.3 Å². The molecule has 0 heterocycles. The van der Waals surface area contributed by atoms with Gasteiger partial charge in [0.05, 0.1) is 12.9 Å². The van der Waals surface area contributed by atoms with Crippen LogP contribution in [-0.2, 0) is 4.74 Å². The predicted octanol–water partition coefficient (Wildman–Crippen LogP) is 2.50. The van der Waals surface area contributed by atoms with E-state index >= 15 is 0 Å². The molecule has 56 valence electrons. The molecule has 0 aromatic rings. The van der Waals surface area contributed by atoms with E-state index in [2.05, 4.69) is 32.1 Å². The molecule has 0 aliphatic heterocycles. The summed E-state index contributed by atoms with van der Waals surface area (Å²) in [5.41, 5.74) is 0.184. The van der Waals surface area contributed by atoms with Gasteiger partial charge in [0.25, 0.3) is 0 Å². The van der Waals surface area contributed by atoms with E-state index in [1.807, 2.05) is 0 Å². The van der Waals surface area contributed by atoms with Crippen LogP contribution in [0.5, 0.6) is 0 Å². The molecule has 1 aliphatic carbocycles. The highest BCUT2D eigenvalue weighted by atomic mass is 16.5. The minimum absolute atomic E-state index is 0.184. The Morgan fingerprint density at radius 1 is 1.50 bits per heavy atom. The maximum atomic E-state index is 5.14. The molecule has 0 radical (unpaired) electrons. The first-order valence-electron chi connectivity index (χ1n) is 3.57. The zero-order chi connectivity index (χ0) is 7.61. The first-order chi connectivity index (χ1) is 4.64. The second-order valence-electron chi connectivity index (χ2n) is 3.24. The SMILES string of the molecule is COC1=CC(C)(C)C=CC1. The lowest BCUT2D eigenvalue weighted by Gasteiger charge is -2.20. The summed E-state index contributed by atoms with van der Waals surface area (Å²) in [6.07, 6.45) is 7.46. The Hall–Kier alpha value is -0.720. The van der Waals surface area contributed by atoms with Crippen molar-refractivity contribution < 1.29 is 4.74 Å². The molecule has 0 aromatic heterocycles. The molecule has 1 heteroatoms. The third kappa shape index (κ3) is 1.63. The first kappa shape index (κ1) is 7.39. The van der Waals surface area contributed by atoms with Crippen molar-refractivity contribution in [3.63, 3.8) is 0 Å². The number of allylic oxidation sites excluding steroid dienone is 3. The minimum atomic E-state index is 0.184. The fourth-order valence-corrected chi connectivity index (χ4v) is 1.14. The minimum Gasteiger partial charge on any atom is -0.501 e. The summed E-state index contributed by atoms with van der Waals surface area (Å²) in [5.74, 6) is 1.08. The maximum absolute atomic E-state index is 5.14. The Labute approximate surface area is 62.4 Å². The van der Waals surface area contributed by atoms with Crippen LogP contribution in [0.2, 0.25) is 0 Å². The van der Waals surface area contributed by atoms with Crippen molar-refractivity contribution in [1.29, 1.82) is 0 Å². The third-order valence-corrected chi connectivity index (χ3v) is 1.66. The lowest BCUT2D eigenvalue weighted by Crippen LogP contribution is -2.08. The lowest BCUT2D eigenvalue weighted by molar-refractivity contribution is 0.275. The topological polar surface area (TPSA) is 9.23 Å². The van der Waals surface area contributed by atoms with E-state index in [1.54, 1.807) is 7.11 Å². The van der Waals surface area contributed by atoms with E-state index in [1.165, 1.54) is 0 Å². The highest BCUT2D eigenvalue weighted by Gasteiger charge is 2.14. The monoisotopic (exact) mass is 138 g/mol. The normalized spacial score (nSPS) is 22.1. The van der Waals surface area contributed by atoms with Crippen molar-refractivity contribution in [3.05, 3.63) is 24.0 Å². The van der Waals surface area contributed by atoms with E-state index < -0.39 is 0 Å². The van der Waals surface area contributed by atoms with E-state index in [4.69, 9.17) is 4.74 Å². The molecule has 0 saturated carbocycles. The van der Waals surface area contributed by atoms with Gasteiger partial charge in [0.2, 0.25) is 0 Å². The van der Waals surface area contributed by atoms with Crippen LogP contribution in [0.25, 0.3) is 0 Å². The lowest BCUT2D eigenvalue weighted by atomic mass is 9.88. The molecular formula is C9H14O. The number of ether oxygens (including phenoxy) is 1. The van der Waals surface area contributed by atoms with Crippen molar-refractivity contribution >= 4 is 0 Å². The molecule has 10 heavy (non-hydrogen) atoms. The molecule has 0 unspecified atom stereocenters. The second kappa shape index (κ2) is 2.49. The number of methoxy groups -OCH3 is 1. The Morgan fingerprint density at radius 3 is 2.60 bits per heavy atom. The van der Waals surface area contributed by atoms with Crippen LogP contribution >= 0.6 is 0 Å². The van der Waals surface area contributed by atoms with E-state index in [0.29, 0.717) is 0 Å². The van der Waals surface area contributed by atoms with Gasteiger partial charge in [-0.05, 0) is 6.08 Å². The number of hydrogen-bond acceptors (Lipinski definition) is 1. The fourth-order valence-electron chi connectivity index (χ4n) is 1.14. The third-order valence-electron chi connectivity index (χ3n) is 1.66. The molecule has 0 amide bonds. The van der Waals surface area contributed by atoms with Crippen LogP contribution in [0.3, 0.4) is 0 Å². The Bertz CT molecular complexity index is 175. The van der Waals surface area contributed by atoms with Crippen LogP contribution in [0.4, 0.5) is 0 Å². The van der Waals surface area contributed by atoms with E-state index in [-0.39, 0.29) is 5.41 Å². The highest BCUT2D eigenvalue weighted by molar-refractivity contribution is 5.18. The van der Waals surface area contributed by atoms with Gasteiger partial charge >= 0.3 is 0 Å². The molecule has 0 N–H and O–H groups in total. The summed E-state index contributed by atoms with van der Waals surface area (Å²) in [7, 11) is 1.72.